The minimum atomic E-state index is -0.300. The number of nitrogens with two attached hydrogens (primary N) is 1. The second-order valence-corrected chi connectivity index (χ2v) is 4.88. The molecule has 0 fully saturated rings. The highest BCUT2D eigenvalue weighted by molar-refractivity contribution is 5.41. The molecule has 0 heterocycles. The number of benzene rings is 2. The Kier molecular flexibility index (Phi) is 4.58. The fourth-order valence-corrected chi connectivity index (χ4v) is 2.26. The summed E-state index contributed by atoms with van der Waals surface area (Å²) in [6.45, 7) is 1.35. The number of hydrogen-bond donors (Lipinski definition) is 1. The summed E-state index contributed by atoms with van der Waals surface area (Å²) in [5, 5.41) is 0. The highest BCUT2D eigenvalue weighted by Crippen LogP contribution is 2.20. The first-order valence-electron chi connectivity index (χ1n) is 6.44. The molecule has 106 valence electrons. The molecule has 0 aromatic heterocycles. The SMILES string of the molecule is COc1ccccc1CN(C)Cc1cc(N)cc(F)c1. The highest BCUT2D eigenvalue weighted by Gasteiger charge is 2.07. The Morgan fingerprint density at radius 1 is 1.15 bits per heavy atom. The van der Waals surface area contributed by atoms with E-state index in [0.717, 1.165) is 23.4 Å². The predicted molar refractivity (Wildman–Crippen MR) is 79.0 cm³/mol. The van der Waals surface area contributed by atoms with Gasteiger partial charge in [0, 0.05) is 24.3 Å². The van der Waals surface area contributed by atoms with E-state index in [1.807, 2.05) is 31.3 Å². The van der Waals surface area contributed by atoms with Gasteiger partial charge in [-0.1, -0.05) is 18.2 Å². The fraction of sp³-hybridized carbons (Fsp3) is 0.250. The van der Waals surface area contributed by atoms with Crippen molar-refractivity contribution in [1.29, 1.82) is 0 Å². The van der Waals surface area contributed by atoms with Crippen molar-refractivity contribution < 1.29 is 9.13 Å². The summed E-state index contributed by atoms with van der Waals surface area (Å²) < 4.78 is 18.6. The van der Waals surface area contributed by atoms with E-state index < -0.39 is 0 Å². The molecular formula is C16H19FN2O. The Morgan fingerprint density at radius 3 is 2.60 bits per heavy atom. The number of para-hydroxylation sites is 1. The van der Waals surface area contributed by atoms with Crippen LogP contribution in [0.15, 0.2) is 42.5 Å². The minimum absolute atomic E-state index is 0.300. The van der Waals surface area contributed by atoms with Crippen LogP contribution >= 0.6 is 0 Å². The smallest absolute Gasteiger partial charge is 0.125 e. The number of rotatable bonds is 5. The van der Waals surface area contributed by atoms with Gasteiger partial charge in [0.2, 0.25) is 0 Å². The average molecular weight is 274 g/mol. The van der Waals surface area contributed by atoms with E-state index >= 15 is 0 Å². The van der Waals surface area contributed by atoms with E-state index in [1.54, 1.807) is 13.2 Å². The van der Waals surface area contributed by atoms with Crippen LogP contribution in [0, 0.1) is 5.82 Å². The van der Waals surface area contributed by atoms with Crippen LogP contribution in [0.5, 0.6) is 5.75 Å². The van der Waals surface area contributed by atoms with E-state index in [9.17, 15) is 4.39 Å². The Labute approximate surface area is 118 Å². The van der Waals surface area contributed by atoms with Gasteiger partial charge in [-0.15, -0.1) is 0 Å². The van der Waals surface area contributed by atoms with Crippen LogP contribution in [-0.4, -0.2) is 19.1 Å². The molecule has 0 saturated heterocycles. The van der Waals surface area contributed by atoms with E-state index in [0.29, 0.717) is 12.2 Å². The second-order valence-electron chi connectivity index (χ2n) is 4.88. The molecule has 2 aromatic rings. The van der Waals surface area contributed by atoms with Crippen molar-refractivity contribution in [1.82, 2.24) is 4.90 Å². The quantitative estimate of drug-likeness (QED) is 0.852. The highest BCUT2D eigenvalue weighted by atomic mass is 19.1. The molecule has 20 heavy (non-hydrogen) atoms. The molecule has 2 N–H and O–H groups in total. The number of ether oxygens (including phenoxy) is 1. The minimum Gasteiger partial charge on any atom is -0.496 e. The number of halogens is 1. The molecule has 2 rings (SSSR count). The van der Waals surface area contributed by atoms with Crippen LogP contribution in [-0.2, 0) is 13.1 Å². The Bertz CT molecular complexity index is 566. The summed E-state index contributed by atoms with van der Waals surface area (Å²) >= 11 is 0. The predicted octanol–water partition coefficient (Wildman–Crippen LogP) is 3.05. The van der Waals surface area contributed by atoms with Gasteiger partial charge in [0.15, 0.2) is 0 Å². The lowest BCUT2D eigenvalue weighted by atomic mass is 10.1. The summed E-state index contributed by atoms with van der Waals surface area (Å²) in [5.41, 5.74) is 8.06. The molecule has 0 bridgehead atoms. The first-order chi connectivity index (χ1) is 9.58. The molecule has 0 aliphatic rings. The van der Waals surface area contributed by atoms with Gasteiger partial charge in [0.25, 0.3) is 0 Å². The van der Waals surface area contributed by atoms with Crippen LogP contribution in [0.3, 0.4) is 0 Å². The van der Waals surface area contributed by atoms with Crippen molar-refractivity contribution in [2.45, 2.75) is 13.1 Å². The number of methoxy groups -OCH3 is 1. The van der Waals surface area contributed by atoms with Crippen molar-refractivity contribution in [3.8, 4) is 5.75 Å². The Balaban J connectivity index is 2.07. The third-order valence-electron chi connectivity index (χ3n) is 3.07. The molecule has 0 saturated carbocycles. The average Bonchev–Trinajstić information content (AvgIpc) is 2.37. The maximum absolute atomic E-state index is 13.3. The molecule has 0 unspecified atom stereocenters. The van der Waals surface area contributed by atoms with Gasteiger partial charge in [0.1, 0.15) is 11.6 Å². The largest absolute Gasteiger partial charge is 0.496 e. The Morgan fingerprint density at radius 2 is 1.90 bits per heavy atom. The van der Waals surface area contributed by atoms with Crippen molar-refractivity contribution in [2.75, 3.05) is 19.9 Å². The molecule has 0 atom stereocenters. The van der Waals surface area contributed by atoms with Crippen LogP contribution < -0.4 is 10.5 Å². The molecule has 0 aliphatic carbocycles. The van der Waals surface area contributed by atoms with Gasteiger partial charge < -0.3 is 10.5 Å². The zero-order chi connectivity index (χ0) is 14.5. The van der Waals surface area contributed by atoms with Crippen molar-refractivity contribution in [3.05, 3.63) is 59.4 Å². The van der Waals surface area contributed by atoms with E-state index in [1.165, 1.54) is 12.1 Å². The maximum atomic E-state index is 13.3. The molecule has 3 nitrogen and oxygen atoms in total. The fourth-order valence-electron chi connectivity index (χ4n) is 2.26. The summed E-state index contributed by atoms with van der Waals surface area (Å²) in [4.78, 5) is 2.09. The lowest BCUT2D eigenvalue weighted by molar-refractivity contribution is 0.309. The molecule has 0 radical (unpaired) electrons. The van der Waals surface area contributed by atoms with Crippen molar-refractivity contribution in [2.24, 2.45) is 0 Å². The van der Waals surface area contributed by atoms with Crippen LogP contribution in [0.25, 0.3) is 0 Å². The van der Waals surface area contributed by atoms with Crippen molar-refractivity contribution >= 4 is 5.69 Å². The number of anilines is 1. The molecule has 2 aromatic carbocycles. The number of nitrogen functional groups attached to an aromatic ring is 1. The maximum Gasteiger partial charge on any atom is 0.125 e. The monoisotopic (exact) mass is 274 g/mol. The zero-order valence-electron chi connectivity index (χ0n) is 11.8. The molecule has 4 heteroatoms. The lowest BCUT2D eigenvalue weighted by Gasteiger charge is -2.18. The van der Waals surface area contributed by atoms with Gasteiger partial charge in [-0.2, -0.15) is 0 Å². The van der Waals surface area contributed by atoms with Gasteiger partial charge in [-0.3, -0.25) is 4.90 Å². The molecule has 0 spiro atoms. The Hall–Kier alpha value is -2.07. The summed E-state index contributed by atoms with van der Waals surface area (Å²) in [6.07, 6.45) is 0. The van der Waals surface area contributed by atoms with E-state index in [4.69, 9.17) is 10.5 Å². The third-order valence-corrected chi connectivity index (χ3v) is 3.07. The first kappa shape index (κ1) is 14.3. The molecule has 0 amide bonds. The zero-order valence-corrected chi connectivity index (χ0v) is 11.8. The number of hydrogen-bond acceptors (Lipinski definition) is 3. The lowest BCUT2D eigenvalue weighted by Crippen LogP contribution is -2.18. The standard InChI is InChI=1S/C16H19FN2O/c1-19(10-12-7-14(17)9-15(18)8-12)11-13-5-3-4-6-16(13)20-2/h3-9H,10-11,18H2,1-2H3. The van der Waals surface area contributed by atoms with Crippen LogP contribution in [0.1, 0.15) is 11.1 Å². The second kappa shape index (κ2) is 6.39. The van der Waals surface area contributed by atoms with Gasteiger partial charge in [-0.25, -0.2) is 4.39 Å². The summed E-state index contributed by atoms with van der Waals surface area (Å²) in [5.74, 6) is 0.559. The normalized spacial score (nSPS) is 10.8. The van der Waals surface area contributed by atoms with Gasteiger partial charge in [0.05, 0.1) is 7.11 Å². The topological polar surface area (TPSA) is 38.5 Å². The van der Waals surface area contributed by atoms with E-state index in [2.05, 4.69) is 4.90 Å². The molecule has 0 aliphatic heterocycles. The van der Waals surface area contributed by atoms with E-state index in [-0.39, 0.29) is 5.82 Å². The van der Waals surface area contributed by atoms with Crippen LogP contribution in [0.4, 0.5) is 10.1 Å². The first-order valence-corrected chi connectivity index (χ1v) is 6.44. The van der Waals surface area contributed by atoms with Gasteiger partial charge >= 0.3 is 0 Å². The molecular weight excluding hydrogens is 255 g/mol. The third kappa shape index (κ3) is 3.71. The van der Waals surface area contributed by atoms with Crippen molar-refractivity contribution in [3.63, 3.8) is 0 Å². The van der Waals surface area contributed by atoms with Gasteiger partial charge in [-0.05, 0) is 36.9 Å². The summed E-state index contributed by atoms with van der Waals surface area (Å²) in [7, 11) is 3.64. The number of nitrogens with zero attached hydrogens (tertiary/aromatic N) is 1. The van der Waals surface area contributed by atoms with Crippen LogP contribution in [0.2, 0.25) is 0 Å². The summed E-state index contributed by atoms with van der Waals surface area (Å²) in [6, 6.07) is 12.5.